The van der Waals surface area contributed by atoms with Gasteiger partial charge in [-0.2, -0.15) is 0 Å². The number of halogens is 1. The molecule has 1 aromatic heterocycles. The minimum Gasteiger partial charge on any atom is -0.496 e. The van der Waals surface area contributed by atoms with E-state index in [1.807, 2.05) is 39.0 Å². The molecule has 2 aromatic rings. The quantitative estimate of drug-likeness (QED) is 0.813. The summed E-state index contributed by atoms with van der Waals surface area (Å²) in [6.45, 7) is 6.06. The predicted molar refractivity (Wildman–Crippen MR) is 89.4 cm³/mol. The molecule has 22 heavy (non-hydrogen) atoms. The topological polar surface area (TPSA) is 42.7 Å². The lowest BCUT2D eigenvalue weighted by atomic mass is 10.1. The molecule has 0 aliphatic rings. The number of carbonyl (C=O) groups is 1. The molecule has 0 fully saturated rings. The van der Waals surface area contributed by atoms with Crippen molar-refractivity contribution in [3.05, 3.63) is 50.9 Å². The van der Waals surface area contributed by atoms with E-state index in [0.29, 0.717) is 17.9 Å². The number of carbonyl (C=O) groups excluding carboxylic acids is 1. The average molecular weight is 366 g/mol. The van der Waals surface area contributed by atoms with Crippen LogP contribution in [-0.2, 0) is 6.54 Å². The molecular weight excluding hydrogens is 346 g/mol. The first-order valence-corrected chi connectivity index (χ1v) is 7.79. The number of nitrogens with zero attached hydrogens (tertiary/aromatic N) is 1. The summed E-state index contributed by atoms with van der Waals surface area (Å²) >= 11 is 3.45. The zero-order valence-corrected chi connectivity index (χ0v) is 15.1. The Labute approximate surface area is 139 Å². The van der Waals surface area contributed by atoms with Gasteiger partial charge in [0.15, 0.2) is 0 Å². The van der Waals surface area contributed by atoms with Crippen LogP contribution in [0.25, 0.3) is 0 Å². The van der Waals surface area contributed by atoms with Crippen molar-refractivity contribution in [1.29, 1.82) is 0 Å². The predicted octanol–water partition coefficient (Wildman–Crippen LogP) is 4.25. The summed E-state index contributed by atoms with van der Waals surface area (Å²) < 4.78 is 11.9. The number of rotatable bonds is 4. The van der Waals surface area contributed by atoms with Crippen LogP contribution in [0.3, 0.4) is 0 Å². The molecule has 5 heteroatoms. The van der Waals surface area contributed by atoms with Crippen molar-refractivity contribution in [2.24, 2.45) is 0 Å². The van der Waals surface area contributed by atoms with Crippen molar-refractivity contribution in [2.75, 3.05) is 14.2 Å². The van der Waals surface area contributed by atoms with E-state index in [4.69, 9.17) is 9.15 Å². The lowest BCUT2D eigenvalue weighted by Gasteiger charge is -2.19. The highest BCUT2D eigenvalue weighted by atomic mass is 79.9. The molecule has 0 spiro atoms. The fourth-order valence-electron chi connectivity index (χ4n) is 2.50. The molecule has 118 valence electrons. The van der Waals surface area contributed by atoms with Crippen LogP contribution in [0.15, 0.2) is 27.1 Å². The zero-order chi connectivity index (χ0) is 16.4. The molecule has 0 radical (unpaired) electrons. The van der Waals surface area contributed by atoms with Crippen LogP contribution in [0.1, 0.15) is 33.0 Å². The highest BCUT2D eigenvalue weighted by Gasteiger charge is 2.22. The van der Waals surface area contributed by atoms with E-state index in [9.17, 15) is 4.79 Å². The number of aryl methyl sites for hydroxylation is 2. The molecule has 0 aliphatic heterocycles. The van der Waals surface area contributed by atoms with Crippen LogP contribution in [0, 0.1) is 20.8 Å². The molecule has 0 saturated carbocycles. The summed E-state index contributed by atoms with van der Waals surface area (Å²) in [5, 5.41) is 0. The fourth-order valence-corrected chi connectivity index (χ4v) is 2.91. The third kappa shape index (κ3) is 3.19. The van der Waals surface area contributed by atoms with Crippen molar-refractivity contribution < 1.29 is 13.9 Å². The maximum atomic E-state index is 12.7. The minimum absolute atomic E-state index is 0.0473. The van der Waals surface area contributed by atoms with Crippen LogP contribution < -0.4 is 4.74 Å². The Morgan fingerprint density at radius 3 is 2.50 bits per heavy atom. The Kier molecular flexibility index (Phi) is 4.96. The SMILES string of the molecule is COc1ccc(Br)cc1CN(C)C(=O)c1c(C)oc(C)c1C. The number of amides is 1. The molecule has 1 aromatic carbocycles. The normalized spacial score (nSPS) is 10.6. The van der Waals surface area contributed by atoms with Crippen molar-refractivity contribution in [1.82, 2.24) is 4.90 Å². The van der Waals surface area contributed by atoms with Crippen molar-refractivity contribution in [2.45, 2.75) is 27.3 Å². The second kappa shape index (κ2) is 6.57. The summed E-state index contributed by atoms with van der Waals surface area (Å²) in [4.78, 5) is 14.4. The van der Waals surface area contributed by atoms with Crippen molar-refractivity contribution in [3.8, 4) is 5.75 Å². The fraction of sp³-hybridized carbons (Fsp3) is 0.353. The third-order valence-electron chi connectivity index (χ3n) is 3.77. The second-order valence-corrected chi connectivity index (χ2v) is 6.25. The van der Waals surface area contributed by atoms with Gasteiger partial charge in [0.05, 0.1) is 12.7 Å². The van der Waals surface area contributed by atoms with Gasteiger partial charge < -0.3 is 14.1 Å². The van der Waals surface area contributed by atoms with Crippen LogP contribution in [0.4, 0.5) is 0 Å². The molecule has 2 rings (SSSR count). The molecule has 0 bridgehead atoms. The Morgan fingerprint density at radius 2 is 1.95 bits per heavy atom. The molecule has 1 heterocycles. The van der Waals surface area contributed by atoms with E-state index in [0.717, 1.165) is 27.1 Å². The number of benzene rings is 1. The van der Waals surface area contributed by atoms with Crippen molar-refractivity contribution in [3.63, 3.8) is 0 Å². The summed E-state index contributed by atoms with van der Waals surface area (Å²) in [7, 11) is 3.41. The maximum absolute atomic E-state index is 12.7. The molecule has 0 N–H and O–H groups in total. The van der Waals surface area contributed by atoms with E-state index in [2.05, 4.69) is 15.9 Å². The Hall–Kier alpha value is -1.75. The van der Waals surface area contributed by atoms with Crippen LogP contribution in [-0.4, -0.2) is 25.0 Å². The van der Waals surface area contributed by atoms with Crippen LogP contribution in [0.5, 0.6) is 5.75 Å². The Balaban J connectivity index is 2.27. The van der Waals surface area contributed by atoms with Gasteiger partial charge in [0, 0.05) is 29.2 Å². The van der Waals surface area contributed by atoms with Gasteiger partial charge in [-0.25, -0.2) is 0 Å². The average Bonchev–Trinajstić information content (AvgIpc) is 2.71. The highest BCUT2D eigenvalue weighted by Crippen LogP contribution is 2.26. The van der Waals surface area contributed by atoms with Gasteiger partial charge in [-0.1, -0.05) is 15.9 Å². The maximum Gasteiger partial charge on any atom is 0.257 e. The standard InChI is InChI=1S/C17H20BrNO3/c1-10-11(2)22-12(3)16(10)17(20)19(4)9-13-8-14(18)6-7-15(13)21-5/h6-8H,9H2,1-5H3. The summed E-state index contributed by atoms with van der Waals surface area (Å²) in [6.07, 6.45) is 0. The van der Waals surface area contributed by atoms with Gasteiger partial charge in [0.25, 0.3) is 5.91 Å². The number of hydrogen-bond acceptors (Lipinski definition) is 3. The number of furan rings is 1. The second-order valence-electron chi connectivity index (χ2n) is 5.33. The number of hydrogen-bond donors (Lipinski definition) is 0. The summed E-state index contributed by atoms with van der Waals surface area (Å²) in [6, 6.07) is 5.76. The van der Waals surface area contributed by atoms with E-state index < -0.39 is 0 Å². The first-order chi connectivity index (χ1) is 10.3. The molecule has 0 aliphatic carbocycles. The smallest absolute Gasteiger partial charge is 0.257 e. The monoisotopic (exact) mass is 365 g/mol. The molecule has 0 unspecified atom stereocenters. The Morgan fingerprint density at radius 1 is 1.27 bits per heavy atom. The van der Waals surface area contributed by atoms with Crippen LogP contribution >= 0.6 is 15.9 Å². The van der Waals surface area contributed by atoms with Gasteiger partial charge >= 0.3 is 0 Å². The van der Waals surface area contributed by atoms with Gasteiger partial charge in [-0.05, 0) is 39.0 Å². The Bertz CT molecular complexity index is 706. The van der Waals surface area contributed by atoms with Gasteiger partial charge in [-0.3, -0.25) is 4.79 Å². The van der Waals surface area contributed by atoms with Crippen LogP contribution in [0.2, 0.25) is 0 Å². The van der Waals surface area contributed by atoms with E-state index in [1.54, 1.807) is 19.1 Å². The van der Waals surface area contributed by atoms with Gasteiger partial charge in [0.2, 0.25) is 0 Å². The lowest BCUT2D eigenvalue weighted by Crippen LogP contribution is -2.27. The molecular formula is C17H20BrNO3. The molecule has 1 amide bonds. The summed E-state index contributed by atoms with van der Waals surface area (Å²) in [5.41, 5.74) is 2.49. The van der Waals surface area contributed by atoms with Crippen molar-refractivity contribution >= 4 is 21.8 Å². The van der Waals surface area contributed by atoms with Gasteiger partial charge in [-0.15, -0.1) is 0 Å². The molecule has 0 atom stereocenters. The molecule has 4 nitrogen and oxygen atoms in total. The molecule has 0 saturated heterocycles. The van der Waals surface area contributed by atoms with E-state index in [-0.39, 0.29) is 5.91 Å². The van der Waals surface area contributed by atoms with E-state index in [1.165, 1.54) is 0 Å². The largest absolute Gasteiger partial charge is 0.496 e. The first kappa shape index (κ1) is 16.6. The third-order valence-corrected chi connectivity index (χ3v) is 4.27. The summed E-state index contributed by atoms with van der Waals surface area (Å²) in [5.74, 6) is 2.16. The number of methoxy groups -OCH3 is 1. The van der Waals surface area contributed by atoms with Gasteiger partial charge in [0.1, 0.15) is 17.3 Å². The first-order valence-electron chi connectivity index (χ1n) is 6.99. The number of ether oxygens (including phenoxy) is 1. The highest BCUT2D eigenvalue weighted by molar-refractivity contribution is 9.10. The zero-order valence-electron chi connectivity index (χ0n) is 13.5. The minimum atomic E-state index is -0.0473. The van der Waals surface area contributed by atoms with E-state index >= 15 is 0 Å². The lowest BCUT2D eigenvalue weighted by molar-refractivity contribution is 0.0782.